The summed E-state index contributed by atoms with van der Waals surface area (Å²) in [6.07, 6.45) is 0. The molecule has 1 aromatic carbocycles. The Bertz CT molecular complexity index is 537. The van der Waals surface area contributed by atoms with Gasteiger partial charge in [-0.1, -0.05) is 0 Å². The number of hydrogen-bond acceptors (Lipinski definition) is 5. The largest absolute Gasteiger partial charge is 0.508 e. The van der Waals surface area contributed by atoms with E-state index in [9.17, 15) is 9.90 Å². The Labute approximate surface area is 125 Å². The average molecular weight is 292 g/mol. The molecule has 0 saturated carbocycles. The maximum Gasteiger partial charge on any atom is 0.494 e. The first kappa shape index (κ1) is 15.9. The average Bonchev–Trinajstić information content (AvgIpc) is 2.58. The molecule has 0 radical (unpaired) electrons. The summed E-state index contributed by atoms with van der Waals surface area (Å²) >= 11 is 0. The van der Waals surface area contributed by atoms with E-state index >= 15 is 0 Å². The third kappa shape index (κ3) is 3.06. The Balaban J connectivity index is 2.32. The van der Waals surface area contributed by atoms with Crippen LogP contribution in [0.5, 0.6) is 5.75 Å². The maximum atomic E-state index is 11.8. The highest BCUT2D eigenvalue weighted by Crippen LogP contribution is 2.36. The van der Waals surface area contributed by atoms with Gasteiger partial charge < -0.3 is 19.2 Å². The van der Waals surface area contributed by atoms with E-state index in [2.05, 4.69) is 0 Å². The molecule has 0 aromatic heterocycles. The van der Waals surface area contributed by atoms with Gasteiger partial charge in [-0.25, -0.2) is 4.79 Å². The minimum Gasteiger partial charge on any atom is -0.508 e. The Hall–Kier alpha value is -1.53. The van der Waals surface area contributed by atoms with Gasteiger partial charge in [0.05, 0.1) is 23.4 Å². The van der Waals surface area contributed by atoms with Crippen LogP contribution in [0.25, 0.3) is 0 Å². The quantitative estimate of drug-likeness (QED) is 0.680. The molecule has 1 N–H and O–H groups in total. The van der Waals surface area contributed by atoms with E-state index in [1.54, 1.807) is 13.0 Å². The van der Waals surface area contributed by atoms with Crippen molar-refractivity contribution in [1.82, 2.24) is 0 Å². The van der Waals surface area contributed by atoms with Crippen molar-refractivity contribution >= 4 is 18.6 Å². The monoisotopic (exact) mass is 292 g/mol. The van der Waals surface area contributed by atoms with Gasteiger partial charge in [-0.05, 0) is 58.3 Å². The van der Waals surface area contributed by atoms with Crippen molar-refractivity contribution < 1.29 is 23.9 Å². The van der Waals surface area contributed by atoms with Gasteiger partial charge >= 0.3 is 13.1 Å². The Morgan fingerprint density at radius 3 is 2.29 bits per heavy atom. The van der Waals surface area contributed by atoms with Crippen molar-refractivity contribution in [3.05, 3.63) is 23.8 Å². The van der Waals surface area contributed by atoms with Crippen molar-refractivity contribution in [1.29, 1.82) is 0 Å². The minimum absolute atomic E-state index is 0.0229. The van der Waals surface area contributed by atoms with Gasteiger partial charge in [0.2, 0.25) is 0 Å². The number of phenols is 1. The van der Waals surface area contributed by atoms with E-state index in [-0.39, 0.29) is 17.9 Å². The van der Waals surface area contributed by atoms with Crippen LogP contribution in [-0.2, 0) is 14.0 Å². The fraction of sp³-hybridized carbons (Fsp3) is 0.533. The predicted octanol–water partition coefficient (Wildman–Crippen LogP) is 1.87. The molecule has 0 amide bonds. The number of carbonyl (C=O) groups excluding carboxylic acids is 1. The van der Waals surface area contributed by atoms with E-state index in [0.29, 0.717) is 5.46 Å². The molecule has 0 atom stereocenters. The summed E-state index contributed by atoms with van der Waals surface area (Å²) in [4.78, 5) is 11.8. The lowest BCUT2D eigenvalue weighted by atomic mass is 9.78. The Morgan fingerprint density at radius 1 is 1.19 bits per heavy atom. The first-order valence-electron chi connectivity index (χ1n) is 7.03. The van der Waals surface area contributed by atoms with Crippen molar-refractivity contribution in [3.8, 4) is 5.75 Å². The van der Waals surface area contributed by atoms with E-state index in [0.717, 1.165) is 0 Å². The van der Waals surface area contributed by atoms with E-state index < -0.39 is 24.3 Å². The van der Waals surface area contributed by atoms with Gasteiger partial charge in [0.1, 0.15) is 5.75 Å². The van der Waals surface area contributed by atoms with Crippen LogP contribution >= 0.6 is 0 Å². The number of aromatic hydroxyl groups is 1. The summed E-state index contributed by atoms with van der Waals surface area (Å²) in [7, 11) is -0.629. The molecule has 1 saturated heterocycles. The Morgan fingerprint density at radius 2 is 1.76 bits per heavy atom. The first-order chi connectivity index (χ1) is 9.66. The fourth-order valence-corrected chi connectivity index (χ4v) is 2.08. The van der Waals surface area contributed by atoms with Gasteiger partial charge in [-0.15, -0.1) is 0 Å². The predicted molar refractivity (Wildman–Crippen MR) is 79.8 cm³/mol. The molecular formula is C15H21BO5. The van der Waals surface area contributed by atoms with Gasteiger partial charge in [0.15, 0.2) is 0 Å². The molecule has 0 aliphatic carbocycles. The molecule has 2 rings (SSSR count). The van der Waals surface area contributed by atoms with Crippen molar-refractivity contribution in [2.24, 2.45) is 0 Å². The highest BCUT2D eigenvalue weighted by atomic mass is 16.7. The molecule has 5 nitrogen and oxygen atoms in total. The van der Waals surface area contributed by atoms with Crippen LogP contribution in [0.3, 0.4) is 0 Å². The normalized spacial score (nSPS) is 19.6. The van der Waals surface area contributed by atoms with Gasteiger partial charge in [0, 0.05) is 0 Å². The van der Waals surface area contributed by atoms with Crippen LogP contribution in [-0.4, -0.2) is 36.0 Å². The van der Waals surface area contributed by atoms with Crippen LogP contribution in [0.4, 0.5) is 0 Å². The summed E-state index contributed by atoms with van der Waals surface area (Å²) < 4.78 is 16.8. The summed E-state index contributed by atoms with van der Waals surface area (Å²) in [6, 6.07) is 4.53. The van der Waals surface area contributed by atoms with Crippen molar-refractivity contribution in [2.45, 2.75) is 45.8 Å². The molecule has 114 valence electrons. The molecule has 1 fully saturated rings. The molecule has 1 aromatic rings. The van der Waals surface area contributed by atoms with Crippen molar-refractivity contribution in [3.63, 3.8) is 0 Å². The first-order valence-corrected chi connectivity index (χ1v) is 7.03. The summed E-state index contributed by atoms with van der Waals surface area (Å²) in [5.74, 6) is -0.503. The summed E-state index contributed by atoms with van der Waals surface area (Å²) in [5.41, 5.74) is -0.0845. The van der Waals surface area contributed by atoms with E-state index in [4.69, 9.17) is 14.0 Å². The molecular weight excluding hydrogens is 271 g/mol. The molecule has 1 aliphatic rings. The number of hydrogen-bond donors (Lipinski definition) is 1. The number of carbonyl (C=O) groups is 1. The van der Waals surface area contributed by atoms with E-state index in [1.807, 2.05) is 27.7 Å². The summed E-state index contributed by atoms with van der Waals surface area (Å²) in [5, 5.41) is 9.81. The maximum absolute atomic E-state index is 11.8. The molecule has 0 unspecified atom stereocenters. The number of phenolic OH excluding ortho intramolecular Hbond substituents is 1. The number of ether oxygens (including phenoxy) is 1. The lowest BCUT2D eigenvalue weighted by molar-refractivity contribution is 0.00578. The highest BCUT2D eigenvalue weighted by Gasteiger charge is 2.51. The van der Waals surface area contributed by atoms with E-state index in [1.165, 1.54) is 12.1 Å². The van der Waals surface area contributed by atoms with Gasteiger partial charge in [0.25, 0.3) is 0 Å². The fourth-order valence-electron chi connectivity index (χ4n) is 2.08. The molecule has 0 spiro atoms. The molecule has 1 heterocycles. The number of rotatable bonds is 3. The third-order valence-electron chi connectivity index (χ3n) is 3.98. The van der Waals surface area contributed by atoms with Crippen LogP contribution in [0, 0.1) is 0 Å². The number of esters is 1. The van der Waals surface area contributed by atoms with Crippen molar-refractivity contribution in [2.75, 3.05) is 6.61 Å². The third-order valence-corrected chi connectivity index (χ3v) is 3.98. The Kier molecular flexibility index (Phi) is 4.04. The zero-order valence-corrected chi connectivity index (χ0v) is 13.1. The lowest BCUT2D eigenvalue weighted by Gasteiger charge is -2.32. The smallest absolute Gasteiger partial charge is 0.494 e. The van der Waals surface area contributed by atoms with Crippen LogP contribution in [0.2, 0.25) is 0 Å². The standard InChI is InChI=1S/C15H21BO5/c1-6-19-13(18)10-7-11(9-12(17)8-10)16-20-14(2,3)15(4,5)21-16/h7-9,17H,6H2,1-5H3. The van der Waals surface area contributed by atoms with Gasteiger partial charge in [-0.2, -0.15) is 0 Å². The molecule has 1 aliphatic heterocycles. The zero-order chi connectivity index (χ0) is 15.8. The summed E-state index contributed by atoms with van der Waals surface area (Å²) in [6.45, 7) is 9.80. The van der Waals surface area contributed by atoms with Crippen LogP contribution < -0.4 is 5.46 Å². The minimum atomic E-state index is -0.629. The molecule has 6 heteroatoms. The highest BCUT2D eigenvalue weighted by molar-refractivity contribution is 6.62. The van der Waals surface area contributed by atoms with Gasteiger partial charge in [-0.3, -0.25) is 0 Å². The second-order valence-corrected chi connectivity index (χ2v) is 6.12. The van der Waals surface area contributed by atoms with Crippen LogP contribution in [0.15, 0.2) is 18.2 Å². The molecule has 21 heavy (non-hydrogen) atoms. The second-order valence-electron chi connectivity index (χ2n) is 6.12. The lowest BCUT2D eigenvalue weighted by Crippen LogP contribution is -2.41. The second kappa shape index (κ2) is 5.35. The SMILES string of the molecule is CCOC(=O)c1cc(O)cc(B2OC(C)(C)C(C)(C)O2)c1. The zero-order valence-electron chi connectivity index (χ0n) is 13.1. The van der Waals surface area contributed by atoms with Crippen LogP contribution in [0.1, 0.15) is 45.0 Å². The molecule has 0 bridgehead atoms. The number of benzene rings is 1. The topological polar surface area (TPSA) is 65.0 Å².